The molecule has 29 heavy (non-hydrogen) atoms. The fraction of sp³-hybridized carbons (Fsp3) is 0.333. The molecule has 1 aromatic heterocycles. The van der Waals surface area contributed by atoms with E-state index in [4.69, 9.17) is 9.47 Å². The number of rotatable bonds is 6. The Bertz CT molecular complexity index is 1020. The predicted octanol–water partition coefficient (Wildman–Crippen LogP) is 3.59. The molecule has 8 heteroatoms. The average Bonchev–Trinajstić information content (AvgIpc) is 2.77. The maximum atomic E-state index is 10.9. The minimum Gasteiger partial charge on any atom is -0.493 e. The van der Waals surface area contributed by atoms with Crippen molar-refractivity contribution in [3.8, 4) is 22.8 Å². The van der Waals surface area contributed by atoms with Gasteiger partial charge in [0, 0.05) is 29.1 Å². The zero-order valence-corrected chi connectivity index (χ0v) is 16.1. The van der Waals surface area contributed by atoms with Gasteiger partial charge in [-0.25, -0.2) is 9.97 Å². The normalized spacial score (nSPS) is 14.7. The molecule has 0 unspecified atom stereocenters. The molecular formula is C21H22N4O4. The van der Waals surface area contributed by atoms with Gasteiger partial charge >= 0.3 is 0 Å². The Hall–Kier alpha value is -3.26. The quantitative estimate of drug-likeness (QED) is 0.504. The molecule has 1 N–H and O–H groups in total. The molecule has 0 saturated carbocycles. The second-order valence-electron chi connectivity index (χ2n) is 7.05. The highest BCUT2D eigenvalue weighted by atomic mass is 16.6. The van der Waals surface area contributed by atoms with E-state index in [1.54, 1.807) is 19.2 Å². The summed E-state index contributed by atoms with van der Waals surface area (Å²) in [4.78, 5) is 19.3. The molecule has 0 aliphatic carbocycles. The van der Waals surface area contributed by atoms with Crippen molar-refractivity contribution in [1.29, 1.82) is 0 Å². The standard InChI is InChI=1S/C21H22N4O4/c1-28-19-10-17-18(11-20(19)29-12-14-6-8-22-9-7-14)23-13-24-21(17)15-2-4-16(5-3-15)25(26)27/h2-5,10-11,13-14,22H,6-9,12H2,1H3. The molecule has 3 aromatic rings. The van der Waals surface area contributed by atoms with Gasteiger partial charge in [0.25, 0.3) is 5.69 Å². The molecule has 2 heterocycles. The lowest BCUT2D eigenvalue weighted by atomic mass is 9.99. The number of ether oxygens (including phenoxy) is 2. The van der Waals surface area contributed by atoms with E-state index in [1.165, 1.54) is 18.5 Å². The minimum absolute atomic E-state index is 0.0401. The summed E-state index contributed by atoms with van der Waals surface area (Å²) >= 11 is 0. The third-order valence-corrected chi connectivity index (χ3v) is 5.21. The number of nitro benzene ring substituents is 1. The second-order valence-corrected chi connectivity index (χ2v) is 7.05. The summed E-state index contributed by atoms with van der Waals surface area (Å²) in [5.41, 5.74) is 2.23. The first-order chi connectivity index (χ1) is 14.2. The first kappa shape index (κ1) is 19.1. The third-order valence-electron chi connectivity index (χ3n) is 5.21. The Labute approximate surface area is 168 Å². The molecule has 8 nitrogen and oxygen atoms in total. The lowest BCUT2D eigenvalue weighted by molar-refractivity contribution is -0.384. The van der Waals surface area contributed by atoms with Gasteiger partial charge in [-0.05, 0) is 50.0 Å². The molecule has 1 aliphatic heterocycles. The van der Waals surface area contributed by atoms with Crippen molar-refractivity contribution in [2.75, 3.05) is 26.8 Å². The van der Waals surface area contributed by atoms with Crippen LogP contribution >= 0.6 is 0 Å². The summed E-state index contributed by atoms with van der Waals surface area (Å²) in [6, 6.07) is 10.0. The van der Waals surface area contributed by atoms with Crippen LogP contribution in [0.1, 0.15) is 12.8 Å². The summed E-state index contributed by atoms with van der Waals surface area (Å²) in [6.07, 6.45) is 3.69. The van der Waals surface area contributed by atoms with Crippen LogP contribution in [0.5, 0.6) is 11.5 Å². The molecule has 0 amide bonds. The smallest absolute Gasteiger partial charge is 0.269 e. The number of hydrogen-bond donors (Lipinski definition) is 1. The van der Waals surface area contributed by atoms with Gasteiger partial charge in [-0.15, -0.1) is 0 Å². The number of aromatic nitrogens is 2. The third kappa shape index (κ3) is 4.12. The first-order valence-corrected chi connectivity index (χ1v) is 9.57. The van der Waals surface area contributed by atoms with Gasteiger partial charge in [0.15, 0.2) is 11.5 Å². The zero-order valence-electron chi connectivity index (χ0n) is 16.1. The van der Waals surface area contributed by atoms with Crippen LogP contribution < -0.4 is 14.8 Å². The predicted molar refractivity (Wildman–Crippen MR) is 109 cm³/mol. The topological polar surface area (TPSA) is 99.4 Å². The maximum absolute atomic E-state index is 10.9. The SMILES string of the molecule is COc1cc2c(-c3ccc([N+](=O)[O-])cc3)ncnc2cc1OCC1CCNCC1. The Morgan fingerprint density at radius 3 is 2.59 bits per heavy atom. The van der Waals surface area contributed by atoms with Gasteiger partial charge in [0.2, 0.25) is 0 Å². The zero-order chi connectivity index (χ0) is 20.2. The van der Waals surface area contributed by atoms with Crippen LogP contribution in [0.25, 0.3) is 22.2 Å². The lowest BCUT2D eigenvalue weighted by Gasteiger charge is -2.23. The number of benzene rings is 2. The summed E-state index contributed by atoms with van der Waals surface area (Å²) in [5, 5.41) is 15.1. The minimum atomic E-state index is -0.420. The Morgan fingerprint density at radius 2 is 1.90 bits per heavy atom. The Balaban J connectivity index is 1.66. The molecule has 0 radical (unpaired) electrons. The van der Waals surface area contributed by atoms with Gasteiger partial charge < -0.3 is 14.8 Å². The molecule has 1 aliphatic rings. The van der Waals surface area contributed by atoms with Crippen LogP contribution in [0.15, 0.2) is 42.7 Å². The van der Waals surface area contributed by atoms with Crippen LogP contribution in [0.4, 0.5) is 5.69 Å². The van der Waals surface area contributed by atoms with Crippen molar-refractivity contribution in [2.45, 2.75) is 12.8 Å². The number of nitrogens with one attached hydrogen (secondary N) is 1. The summed E-state index contributed by atoms with van der Waals surface area (Å²) in [6.45, 7) is 2.69. The molecule has 4 rings (SSSR count). The fourth-order valence-electron chi connectivity index (χ4n) is 3.56. The van der Waals surface area contributed by atoms with Crippen molar-refractivity contribution in [1.82, 2.24) is 15.3 Å². The molecule has 0 atom stereocenters. The number of hydrogen-bond acceptors (Lipinski definition) is 7. The summed E-state index contributed by atoms with van der Waals surface area (Å²) < 4.78 is 11.6. The van der Waals surface area contributed by atoms with Gasteiger partial charge in [0.1, 0.15) is 6.33 Å². The summed E-state index contributed by atoms with van der Waals surface area (Å²) in [5.74, 6) is 1.80. The van der Waals surface area contributed by atoms with E-state index in [0.717, 1.165) is 42.4 Å². The van der Waals surface area contributed by atoms with Crippen molar-refractivity contribution < 1.29 is 14.4 Å². The maximum Gasteiger partial charge on any atom is 0.269 e. The van der Waals surface area contributed by atoms with E-state index in [9.17, 15) is 10.1 Å². The highest BCUT2D eigenvalue weighted by Crippen LogP contribution is 2.36. The molecule has 2 aromatic carbocycles. The van der Waals surface area contributed by atoms with Crippen LogP contribution in [-0.4, -0.2) is 41.7 Å². The highest BCUT2D eigenvalue weighted by molar-refractivity contribution is 5.94. The van der Waals surface area contributed by atoms with E-state index < -0.39 is 4.92 Å². The van der Waals surface area contributed by atoms with Crippen LogP contribution in [0, 0.1) is 16.0 Å². The summed E-state index contributed by atoms with van der Waals surface area (Å²) in [7, 11) is 1.61. The highest BCUT2D eigenvalue weighted by Gasteiger charge is 2.17. The van der Waals surface area contributed by atoms with Crippen LogP contribution in [0.2, 0.25) is 0 Å². The van der Waals surface area contributed by atoms with Gasteiger partial charge in [0.05, 0.1) is 29.9 Å². The van der Waals surface area contributed by atoms with E-state index in [1.807, 2.05) is 12.1 Å². The van der Waals surface area contributed by atoms with Crippen LogP contribution in [-0.2, 0) is 0 Å². The Morgan fingerprint density at radius 1 is 1.14 bits per heavy atom. The molecular weight excluding hydrogens is 372 g/mol. The van der Waals surface area contributed by atoms with Crippen molar-refractivity contribution in [3.05, 3.63) is 52.8 Å². The van der Waals surface area contributed by atoms with E-state index in [-0.39, 0.29) is 5.69 Å². The molecule has 150 valence electrons. The van der Waals surface area contributed by atoms with Crippen molar-refractivity contribution in [3.63, 3.8) is 0 Å². The average molecular weight is 394 g/mol. The van der Waals surface area contributed by atoms with E-state index in [0.29, 0.717) is 29.7 Å². The van der Waals surface area contributed by atoms with E-state index >= 15 is 0 Å². The van der Waals surface area contributed by atoms with Gasteiger partial charge in [-0.1, -0.05) is 0 Å². The number of piperidine rings is 1. The van der Waals surface area contributed by atoms with E-state index in [2.05, 4.69) is 15.3 Å². The van der Waals surface area contributed by atoms with Crippen molar-refractivity contribution in [2.24, 2.45) is 5.92 Å². The molecule has 0 bridgehead atoms. The lowest BCUT2D eigenvalue weighted by Crippen LogP contribution is -2.30. The molecule has 0 spiro atoms. The Kier molecular flexibility index (Phi) is 5.53. The number of methoxy groups -OCH3 is 1. The first-order valence-electron chi connectivity index (χ1n) is 9.57. The number of nitro groups is 1. The molecule has 1 saturated heterocycles. The van der Waals surface area contributed by atoms with Crippen LogP contribution in [0.3, 0.4) is 0 Å². The number of non-ortho nitro benzene ring substituents is 1. The van der Waals surface area contributed by atoms with Crippen molar-refractivity contribution >= 4 is 16.6 Å². The monoisotopic (exact) mass is 394 g/mol. The van der Waals surface area contributed by atoms with Gasteiger partial charge in [-0.3, -0.25) is 10.1 Å². The number of nitrogens with zero attached hydrogens (tertiary/aromatic N) is 3. The largest absolute Gasteiger partial charge is 0.493 e. The number of fused-ring (bicyclic) bond motifs is 1. The fourth-order valence-corrected chi connectivity index (χ4v) is 3.56. The van der Waals surface area contributed by atoms with Gasteiger partial charge in [-0.2, -0.15) is 0 Å². The second kappa shape index (κ2) is 8.40. The molecule has 1 fully saturated rings.